The molecule has 20 heavy (non-hydrogen) atoms. The lowest BCUT2D eigenvalue weighted by molar-refractivity contribution is -0.147. The zero-order valence-electron chi connectivity index (χ0n) is 12.9. The van der Waals surface area contributed by atoms with Crippen LogP contribution >= 0.6 is 0 Å². The van der Waals surface area contributed by atoms with Crippen molar-refractivity contribution in [2.24, 2.45) is 5.92 Å². The molecule has 0 bridgehead atoms. The molecule has 1 aliphatic heterocycles. The molecule has 2 atom stereocenters. The maximum Gasteiger partial charge on any atom is 0.306 e. The SMILES string of the molecule is COC[C@@H](C)N1CCN(C(=O)[C@H](C)CC(=O)OC)CC1. The van der Waals surface area contributed by atoms with Crippen LogP contribution in [-0.2, 0) is 19.1 Å². The minimum atomic E-state index is -0.335. The van der Waals surface area contributed by atoms with E-state index in [1.165, 1.54) is 7.11 Å². The summed E-state index contributed by atoms with van der Waals surface area (Å²) in [5.41, 5.74) is 0. The van der Waals surface area contributed by atoms with Crippen LogP contribution in [-0.4, -0.2) is 74.7 Å². The van der Waals surface area contributed by atoms with Gasteiger partial charge in [-0.3, -0.25) is 14.5 Å². The third-order valence-corrected chi connectivity index (χ3v) is 3.78. The van der Waals surface area contributed by atoms with Gasteiger partial charge in [-0.15, -0.1) is 0 Å². The summed E-state index contributed by atoms with van der Waals surface area (Å²) in [6, 6.07) is 0.366. The number of rotatable bonds is 6. The van der Waals surface area contributed by atoms with Crippen LogP contribution in [0.1, 0.15) is 20.3 Å². The summed E-state index contributed by atoms with van der Waals surface area (Å²) >= 11 is 0. The molecule has 1 amide bonds. The smallest absolute Gasteiger partial charge is 0.306 e. The first-order valence-corrected chi connectivity index (χ1v) is 7.08. The number of carbonyl (C=O) groups excluding carboxylic acids is 2. The van der Waals surface area contributed by atoms with Crippen LogP contribution < -0.4 is 0 Å². The molecule has 0 radical (unpaired) electrons. The minimum Gasteiger partial charge on any atom is -0.469 e. The number of nitrogens with zero attached hydrogens (tertiary/aromatic N) is 2. The molecule has 0 saturated carbocycles. The van der Waals surface area contributed by atoms with Crippen LogP contribution in [0.5, 0.6) is 0 Å². The summed E-state index contributed by atoms with van der Waals surface area (Å²) in [5.74, 6) is -0.613. The molecule has 116 valence electrons. The first kappa shape index (κ1) is 16.9. The molecule has 1 aliphatic rings. The Kier molecular flexibility index (Phi) is 6.95. The van der Waals surface area contributed by atoms with Crippen molar-refractivity contribution < 1.29 is 19.1 Å². The van der Waals surface area contributed by atoms with Gasteiger partial charge in [0.15, 0.2) is 0 Å². The Morgan fingerprint density at radius 2 is 1.70 bits per heavy atom. The van der Waals surface area contributed by atoms with E-state index in [0.29, 0.717) is 25.7 Å². The van der Waals surface area contributed by atoms with Crippen LogP contribution in [0, 0.1) is 5.92 Å². The molecule has 1 fully saturated rings. The van der Waals surface area contributed by atoms with E-state index in [4.69, 9.17) is 4.74 Å². The highest BCUT2D eigenvalue weighted by Crippen LogP contribution is 2.12. The predicted octanol–water partition coefficient (Wildman–Crippen LogP) is 0.365. The van der Waals surface area contributed by atoms with E-state index in [-0.39, 0.29) is 24.2 Å². The average Bonchev–Trinajstić information content (AvgIpc) is 2.46. The highest BCUT2D eigenvalue weighted by molar-refractivity contribution is 5.83. The van der Waals surface area contributed by atoms with Crippen molar-refractivity contribution in [2.45, 2.75) is 26.3 Å². The van der Waals surface area contributed by atoms with E-state index >= 15 is 0 Å². The molecule has 0 aromatic carbocycles. The second kappa shape index (κ2) is 8.21. The third kappa shape index (κ3) is 4.76. The van der Waals surface area contributed by atoms with E-state index in [1.807, 2.05) is 4.90 Å². The Hall–Kier alpha value is -1.14. The molecular weight excluding hydrogens is 260 g/mol. The molecule has 0 aliphatic carbocycles. The van der Waals surface area contributed by atoms with Gasteiger partial charge in [-0.25, -0.2) is 0 Å². The normalized spacial score (nSPS) is 19.5. The summed E-state index contributed by atoms with van der Waals surface area (Å²) in [6.07, 6.45) is 0.148. The minimum absolute atomic E-state index is 0.0365. The second-order valence-corrected chi connectivity index (χ2v) is 5.35. The molecule has 1 saturated heterocycles. The number of carbonyl (C=O) groups is 2. The van der Waals surface area contributed by atoms with Gasteiger partial charge in [-0.05, 0) is 6.92 Å². The molecule has 6 nitrogen and oxygen atoms in total. The maximum atomic E-state index is 12.2. The van der Waals surface area contributed by atoms with Crippen molar-refractivity contribution in [2.75, 3.05) is 47.0 Å². The van der Waals surface area contributed by atoms with Gasteiger partial charge in [0.1, 0.15) is 0 Å². The Morgan fingerprint density at radius 3 is 2.20 bits per heavy atom. The van der Waals surface area contributed by atoms with E-state index in [2.05, 4.69) is 16.6 Å². The molecule has 1 rings (SSSR count). The summed E-state index contributed by atoms with van der Waals surface area (Å²) in [5, 5.41) is 0. The number of methoxy groups -OCH3 is 2. The maximum absolute atomic E-state index is 12.2. The quantitative estimate of drug-likeness (QED) is 0.660. The Morgan fingerprint density at radius 1 is 1.10 bits per heavy atom. The van der Waals surface area contributed by atoms with Gasteiger partial charge >= 0.3 is 5.97 Å². The van der Waals surface area contributed by atoms with Crippen LogP contribution in [0.2, 0.25) is 0 Å². The highest BCUT2D eigenvalue weighted by atomic mass is 16.5. The fourth-order valence-corrected chi connectivity index (χ4v) is 2.46. The van der Waals surface area contributed by atoms with E-state index in [0.717, 1.165) is 13.1 Å². The molecule has 0 spiro atoms. The van der Waals surface area contributed by atoms with E-state index in [9.17, 15) is 9.59 Å². The number of amides is 1. The Balaban J connectivity index is 2.40. The zero-order chi connectivity index (χ0) is 15.1. The first-order chi connectivity index (χ1) is 9.49. The molecule has 0 aromatic rings. The second-order valence-electron chi connectivity index (χ2n) is 5.35. The highest BCUT2D eigenvalue weighted by Gasteiger charge is 2.27. The van der Waals surface area contributed by atoms with Crippen molar-refractivity contribution in [3.05, 3.63) is 0 Å². The monoisotopic (exact) mass is 286 g/mol. The van der Waals surface area contributed by atoms with Gasteiger partial charge in [-0.1, -0.05) is 6.92 Å². The summed E-state index contributed by atoms with van der Waals surface area (Å²) in [6.45, 7) is 7.71. The van der Waals surface area contributed by atoms with Gasteiger partial charge < -0.3 is 14.4 Å². The molecule has 1 heterocycles. The summed E-state index contributed by atoms with van der Waals surface area (Å²) in [7, 11) is 3.04. The largest absolute Gasteiger partial charge is 0.469 e. The predicted molar refractivity (Wildman–Crippen MR) is 75.3 cm³/mol. The lowest BCUT2D eigenvalue weighted by atomic mass is 10.1. The average molecular weight is 286 g/mol. The standard InChI is InChI=1S/C14H26N2O4/c1-11(9-13(17)20-4)14(18)16-7-5-15(6-8-16)12(2)10-19-3/h11-12H,5-10H2,1-4H3/t11-,12-/m1/s1. The summed E-state index contributed by atoms with van der Waals surface area (Å²) in [4.78, 5) is 27.6. The zero-order valence-corrected chi connectivity index (χ0v) is 12.9. The first-order valence-electron chi connectivity index (χ1n) is 7.08. The van der Waals surface area contributed by atoms with Crippen LogP contribution in [0.4, 0.5) is 0 Å². The number of ether oxygens (including phenoxy) is 2. The topological polar surface area (TPSA) is 59.1 Å². The fourth-order valence-electron chi connectivity index (χ4n) is 2.46. The molecule has 6 heteroatoms. The number of esters is 1. The Labute approximate surface area is 121 Å². The van der Waals surface area contributed by atoms with Crippen LogP contribution in [0.25, 0.3) is 0 Å². The van der Waals surface area contributed by atoms with Crippen molar-refractivity contribution in [1.82, 2.24) is 9.80 Å². The van der Waals surface area contributed by atoms with Gasteiger partial charge in [0, 0.05) is 45.2 Å². The molecule has 0 aromatic heterocycles. The van der Waals surface area contributed by atoms with Crippen molar-refractivity contribution in [3.63, 3.8) is 0 Å². The molecule has 0 N–H and O–H groups in total. The van der Waals surface area contributed by atoms with Crippen molar-refractivity contribution in [1.29, 1.82) is 0 Å². The third-order valence-electron chi connectivity index (χ3n) is 3.78. The number of piperazine rings is 1. The molecular formula is C14H26N2O4. The van der Waals surface area contributed by atoms with Gasteiger partial charge in [0.25, 0.3) is 0 Å². The van der Waals surface area contributed by atoms with Gasteiger partial charge in [0.2, 0.25) is 5.91 Å². The van der Waals surface area contributed by atoms with Crippen LogP contribution in [0.3, 0.4) is 0 Å². The van der Waals surface area contributed by atoms with E-state index in [1.54, 1.807) is 14.0 Å². The van der Waals surface area contributed by atoms with Gasteiger partial charge in [-0.2, -0.15) is 0 Å². The van der Waals surface area contributed by atoms with E-state index < -0.39 is 0 Å². The van der Waals surface area contributed by atoms with Crippen molar-refractivity contribution in [3.8, 4) is 0 Å². The van der Waals surface area contributed by atoms with Crippen molar-refractivity contribution >= 4 is 11.9 Å². The lowest BCUT2D eigenvalue weighted by Crippen LogP contribution is -2.53. The molecule has 0 unspecified atom stereocenters. The number of hydrogen-bond acceptors (Lipinski definition) is 5. The number of hydrogen-bond donors (Lipinski definition) is 0. The summed E-state index contributed by atoms with van der Waals surface area (Å²) < 4.78 is 9.75. The Bertz CT molecular complexity index is 327. The lowest BCUT2D eigenvalue weighted by Gasteiger charge is -2.38. The van der Waals surface area contributed by atoms with Gasteiger partial charge in [0.05, 0.1) is 20.1 Å². The van der Waals surface area contributed by atoms with Crippen LogP contribution in [0.15, 0.2) is 0 Å². The fraction of sp³-hybridized carbons (Fsp3) is 0.857.